The third-order valence-corrected chi connectivity index (χ3v) is 13.6. The second-order valence-electron chi connectivity index (χ2n) is 22.1. The van der Waals surface area contributed by atoms with Crippen LogP contribution in [0.15, 0.2) is 60.7 Å². The van der Waals surface area contributed by atoms with Crippen LogP contribution in [0.25, 0.3) is 0 Å². The Labute approximate surface area is 441 Å². The number of carbonyl (C=O) groups is 8. The minimum Gasteiger partial charge on any atom is -0.461 e. The molecule has 412 valence electrons. The zero-order valence-corrected chi connectivity index (χ0v) is 47.1. The Morgan fingerprint density at radius 3 is 1.05 bits per heavy atom. The molecule has 1 aliphatic rings. The van der Waals surface area contributed by atoms with Crippen LogP contribution < -0.4 is 10.6 Å². The third kappa shape index (κ3) is 18.2. The maximum Gasteiger partial charge on any atom is 0.329 e. The lowest BCUT2D eigenvalue weighted by molar-refractivity contribution is -0.162. The average Bonchev–Trinajstić information content (AvgIpc) is 3.34. The van der Waals surface area contributed by atoms with Gasteiger partial charge in [-0.15, -0.1) is 0 Å². The van der Waals surface area contributed by atoms with Crippen LogP contribution in [0.1, 0.15) is 92.2 Å². The van der Waals surface area contributed by atoms with E-state index in [1.165, 1.54) is 47.8 Å². The van der Waals surface area contributed by atoms with Crippen LogP contribution in [0.3, 0.4) is 0 Å². The molecule has 6 amide bonds. The number of carbonyl (C=O) groups excluding carboxylic acids is 8. The van der Waals surface area contributed by atoms with Gasteiger partial charge >= 0.3 is 11.9 Å². The summed E-state index contributed by atoms with van der Waals surface area (Å²) in [6.07, 6.45) is 1.11. The predicted molar refractivity (Wildman–Crippen MR) is 285 cm³/mol. The summed E-state index contributed by atoms with van der Waals surface area (Å²) in [5, 5.41) is 5.70. The normalized spacial score (nSPS) is 22.5. The van der Waals surface area contributed by atoms with Gasteiger partial charge in [-0.3, -0.25) is 38.6 Å². The summed E-state index contributed by atoms with van der Waals surface area (Å²) in [6, 6.07) is 8.64. The van der Waals surface area contributed by atoms with Gasteiger partial charge in [0, 0.05) is 41.0 Å². The summed E-state index contributed by atoms with van der Waals surface area (Å²) in [4.78, 5) is 126. The van der Waals surface area contributed by atoms with Crippen molar-refractivity contribution in [2.45, 2.75) is 142 Å². The Hall–Kier alpha value is -5.88. The Morgan fingerprint density at radius 1 is 0.486 bits per heavy atom. The molecule has 8 atom stereocenters. The molecule has 1 saturated heterocycles. The Bertz CT molecular complexity index is 2020. The van der Waals surface area contributed by atoms with E-state index in [-0.39, 0.29) is 49.4 Å². The SMILES string of the molecule is CC(C)CC(C(=O)NC1COC(=O)C(Cc2ccccc2)N(C)C(=O)C(CC(C)C)N(C)C(=O)C(NC(=O)C(CC(C)C)N(C)C)COC(=O)C(Cc2ccccc2)N(C)C(=O)C(CC(C)C)N(C)C1=O)N(C)C. The Morgan fingerprint density at radius 2 is 0.784 bits per heavy atom. The zero-order valence-electron chi connectivity index (χ0n) is 47.1. The van der Waals surface area contributed by atoms with E-state index in [2.05, 4.69) is 10.6 Å². The highest BCUT2D eigenvalue weighted by Gasteiger charge is 2.43. The molecule has 1 heterocycles. The molecule has 2 aromatic carbocycles. The molecule has 2 aromatic rings. The summed E-state index contributed by atoms with van der Waals surface area (Å²) in [7, 11) is 12.8. The lowest BCUT2D eigenvalue weighted by Crippen LogP contribution is -2.61. The van der Waals surface area contributed by atoms with Crippen molar-refractivity contribution in [3.8, 4) is 0 Å². The van der Waals surface area contributed by atoms with Crippen LogP contribution in [-0.2, 0) is 60.7 Å². The van der Waals surface area contributed by atoms with Gasteiger partial charge in [0.05, 0.1) is 12.1 Å². The van der Waals surface area contributed by atoms with Crippen molar-refractivity contribution in [3.63, 3.8) is 0 Å². The maximum atomic E-state index is 15.1. The smallest absolute Gasteiger partial charge is 0.329 e. The first-order valence-corrected chi connectivity index (χ1v) is 26.1. The molecule has 0 aliphatic carbocycles. The van der Waals surface area contributed by atoms with Gasteiger partial charge in [0.15, 0.2) is 0 Å². The van der Waals surface area contributed by atoms with Crippen LogP contribution in [-0.4, -0.2) is 195 Å². The van der Waals surface area contributed by atoms with Crippen molar-refractivity contribution in [2.75, 3.05) is 69.6 Å². The molecule has 1 aliphatic heterocycles. The molecule has 0 bridgehead atoms. The highest BCUT2D eigenvalue weighted by atomic mass is 16.5. The fourth-order valence-electron chi connectivity index (χ4n) is 9.16. The van der Waals surface area contributed by atoms with Gasteiger partial charge in [0.1, 0.15) is 49.5 Å². The van der Waals surface area contributed by atoms with Crippen molar-refractivity contribution < 1.29 is 47.8 Å². The minimum absolute atomic E-state index is 0.0200. The molecule has 2 N–H and O–H groups in total. The molecule has 18 nitrogen and oxygen atoms in total. The number of amides is 6. The van der Waals surface area contributed by atoms with E-state index in [9.17, 15) is 19.2 Å². The van der Waals surface area contributed by atoms with Crippen molar-refractivity contribution in [3.05, 3.63) is 71.8 Å². The topological polar surface area (TPSA) is 199 Å². The largest absolute Gasteiger partial charge is 0.461 e. The second-order valence-corrected chi connectivity index (χ2v) is 22.1. The van der Waals surface area contributed by atoms with E-state index in [1.807, 2.05) is 67.5 Å². The van der Waals surface area contributed by atoms with E-state index in [1.54, 1.807) is 86.5 Å². The van der Waals surface area contributed by atoms with Crippen LogP contribution in [0.5, 0.6) is 0 Å². The molecule has 0 saturated carbocycles. The number of hydrogen-bond donors (Lipinski definition) is 2. The summed E-state index contributed by atoms with van der Waals surface area (Å²) >= 11 is 0. The van der Waals surface area contributed by atoms with Gasteiger partial charge in [-0.2, -0.15) is 0 Å². The predicted octanol–water partition coefficient (Wildman–Crippen LogP) is 3.89. The van der Waals surface area contributed by atoms with E-state index in [4.69, 9.17) is 9.47 Å². The summed E-state index contributed by atoms with van der Waals surface area (Å²) in [5.41, 5.74) is 1.37. The van der Waals surface area contributed by atoms with Crippen molar-refractivity contribution in [2.24, 2.45) is 23.7 Å². The fourth-order valence-corrected chi connectivity index (χ4v) is 9.16. The standard InChI is InChI=1S/C56H88N8O10/c1-35(2)27-43(59(9)10)49(65)57-41-33-73-55(71)47(31-39-23-19-17-20-24-39)63(15)54(70)46(30-38(7)8)62(14)52(68)42(58-50(66)44(60(11)12)28-36(3)4)34-74-56(72)48(32-40-25-21-18-22-26-40)64(16)53(69)45(29-37(5)6)61(13)51(41)67/h17-26,35-38,41-48H,27-34H2,1-16H3,(H,57,65)(H,58,66). The molecule has 74 heavy (non-hydrogen) atoms. The second kappa shape index (κ2) is 29.3. The number of esters is 2. The highest BCUT2D eigenvalue weighted by molar-refractivity contribution is 5.96. The third-order valence-electron chi connectivity index (χ3n) is 13.6. The summed E-state index contributed by atoms with van der Waals surface area (Å²) < 4.78 is 12.1. The van der Waals surface area contributed by atoms with Crippen LogP contribution in [0, 0.1) is 23.7 Å². The number of likely N-dealkylation sites (N-methyl/N-ethyl adjacent to an activating group) is 6. The van der Waals surface area contributed by atoms with Crippen LogP contribution in [0.4, 0.5) is 0 Å². The number of benzene rings is 2. The quantitative estimate of drug-likeness (QED) is 0.205. The van der Waals surface area contributed by atoms with Gasteiger partial charge in [0.25, 0.3) is 0 Å². The van der Waals surface area contributed by atoms with Gasteiger partial charge in [-0.25, -0.2) is 9.59 Å². The lowest BCUT2D eigenvalue weighted by atomic mass is 9.98. The molecule has 18 heteroatoms. The molecule has 0 radical (unpaired) electrons. The van der Waals surface area contributed by atoms with E-state index < -0.39 is 109 Å². The summed E-state index contributed by atoms with van der Waals surface area (Å²) in [6.45, 7) is 14.1. The zero-order chi connectivity index (χ0) is 55.7. The van der Waals surface area contributed by atoms with Gasteiger partial charge in [-0.05, 0) is 88.7 Å². The van der Waals surface area contributed by atoms with E-state index in [0.29, 0.717) is 24.0 Å². The van der Waals surface area contributed by atoms with Crippen LogP contribution >= 0.6 is 0 Å². The Balaban J connectivity index is 2.36. The molecule has 3 rings (SSSR count). The number of nitrogens with one attached hydrogen (secondary N) is 2. The average molecular weight is 1030 g/mol. The number of rotatable bonds is 18. The highest BCUT2D eigenvalue weighted by Crippen LogP contribution is 2.22. The van der Waals surface area contributed by atoms with E-state index in [0.717, 1.165) is 0 Å². The van der Waals surface area contributed by atoms with Crippen LogP contribution in [0.2, 0.25) is 0 Å². The molecule has 1 fully saturated rings. The number of hydrogen-bond acceptors (Lipinski definition) is 12. The monoisotopic (exact) mass is 1030 g/mol. The molecule has 8 unspecified atom stereocenters. The first-order chi connectivity index (χ1) is 34.7. The number of ether oxygens (including phenoxy) is 2. The van der Waals surface area contributed by atoms with Crippen molar-refractivity contribution >= 4 is 47.4 Å². The number of cyclic esters (lactones) is 2. The molecule has 0 aromatic heterocycles. The fraction of sp³-hybridized carbons (Fsp3) is 0.643. The van der Waals surface area contributed by atoms with Gasteiger partial charge < -0.3 is 39.7 Å². The van der Waals surface area contributed by atoms with Gasteiger partial charge in [-0.1, -0.05) is 116 Å². The van der Waals surface area contributed by atoms with E-state index >= 15 is 19.2 Å². The molecule has 0 spiro atoms. The van der Waals surface area contributed by atoms with Crippen molar-refractivity contribution in [1.29, 1.82) is 0 Å². The number of nitrogens with zero attached hydrogens (tertiary/aromatic N) is 6. The Kier molecular flexibility index (Phi) is 24.7. The first-order valence-electron chi connectivity index (χ1n) is 26.1. The van der Waals surface area contributed by atoms with Crippen molar-refractivity contribution in [1.82, 2.24) is 40.0 Å². The first kappa shape index (κ1) is 62.4. The minimum atomic E-state index is -1.50. The lowest BCUT2D eigenvalue weighted by Gasteiger charge is -2.38. The maximum absolute atomic E-state index is 15.1. The molecular weight excluding hydrogens is 945 g/mol. The summed E-state index contributed by atoms with van der Waals surface area (Å²) in [5.74, 6) is -5.58. The van der Waals surface area contributed by atoms with Gasteiger partial charge in [0.2, 0.25) is 35.4 Å². The molecular formula is C56H88N8O10.